The van der Waals surface area contributed by atoms with E-state index in [1.165, 1.54) is 18.4 Å². The third-order valence-electron chi connectivity index (χ3n) is 4.17. The summed E-state index contributed by atoms with van der Waals surface area (Å²) < 4.78 is 0. The largest absolute Gasteiger partial charge is 0.508 e. The summed E-state index contributed by atoms with van der Waals surface area (Å²) in [5, 5.41) is 9.32. The number of nitrogens with zero attached hydrogens (tertiary/aromatic N) is 1. The molecule has 4 heteroatoms. The first kappa shape index (κ1) is 14.9. The van der Waals surface area contributed by atoms with E-state index in [0.29, 0.717) is 12.6 Å². The van der Waals surface area contributed by atoms with Gasteiger partial charge >= 0.3 is 0 Å². The summed E-state index contributed by atoms with van der Waals surface area (Å²) in [7, 11) is 0. The molecule has 20 heavy (non-hydrogen) atoms. The molecule has 1 atom stereocenters. The number of hydrogen-bond donors (Lipinski definition) is 2. The maximum Gasteiger partial charge on any atom is 0.231 e. The van der Waals surface area contributed by atoms with E-state index in [2.05, 4.69) is 11.8 Å². The minimum atomic E-state index is -0.255. The number of primary amides is 1. The van der Waals surface area contributed by atoms with Gasteiger partial charge in [0.1, 0.15) is 5.75 Å². The summed E-state index contributed by atoms with van der Waals surface area (Å²) in [5.41, 5.74) is 6.57. The van der Waals surface area contributed by atoms with Gasteiger partial charge in [-0.25, -0.2) is 0 Å². The van der Waals surface area contributed by atoms with Crippen molar-refractivity contribution in [1.82, 2.24) is 4.90 Å². The molecule has 1 aromatic carbocycles. The first-order chi connectivity index (χ1) is 9.56. The zero-order valence-corrected chi connectivity index (χ0v) is 12.1. The number of aromatic hydroxyl groups is 1. The summed E-state index contributed by atoms with van der Waals surface area (Å²) in [5.74, 6) is 0.0284. The monoisotopic (exact) mass is 276 g/mol. The highest BCUT2D eigenvalue weighted by Gasteiger charge is 2.27. The Hall–Kier alpha value is -1.55. The zero-order chi connectivity index (χ0) is 14.5. The average molecular weight is 276 g/mol. The van der Waals surface area contributed by atoms with Crippen molar-refractivity contribution >= 4 is 5.91 Å². The van der Waals surface area contributed by atoms with Crippen molar-refractivity contribution in [3.8, 4) is 5.75 Å². The van der Waals surface area contributed by atoms with E-state index in [-0.39, 0.29) is 17.7 Å². The molecule has 1 unspecified atom stereocenters. The van der Waals surface area contributed by atoms with Crippen molar-refractivity contribution in [3.05, 3.63) is 29.8 Å². The molecule has 1 aliphatic rings. The number of phenolic OH excluding ortho intramolecular Hbond substituents is 1. The van der Waals surface area contributed by atoms with Gasteiger partial charge in [-0.1, -0.05) is 25.0 Å². The van der Waals surface area contributed by atoms with Gasteiger partial charge < -0.3 is 10.8 Å². The Morgan fingerprint density at radius 2 is 1.95 bits per heavy atom. The lowest BCUT2D eigenvalue weighted by molar-refractivity contribution is -0.120. The van der Waals surface area contributed by atoms with Crippen molar-refractivity contribution in [2.45, 2.75) is 51.1 Å². The van der Waals surface area contributed by atoms with Gasteiger partial charge in [-0.3, -0.25) is 9.69 Å². The van der Waals surface area contributed by atoms with Crippen molar-refractivity contribution in [1.29, 1.82) is 0 Å². The summed E-state index contributed by atoms with van der Waals surface area (Å²) in [4.78, 5) is 13.6. The third kappa shape index (κ3) is 3.97. The number of hydrogen-bond acceptors (Lipinski definition) is 3. The molecule has 1 aliphatic carbocycles. The molecular formula is C16H24N2O2. The van der Waals surface area contributed by atoms with Crippen LogP contribution in [0.1, 0.15) is 38.2 Å². The van der Waals surface area contributed by atoms with Crippen LogP contribution in [-0.4, -0.2) is 34.5 Å². The fourth-order valence-electron chi connectivity index (χ4n) is 3.15. The Balaban J connectivity index is 2.03. The minimum Gasteiger partial charge on any atom is -0.508 e. The van der Waals surface area contributed by atoms with E-state index in [1.807, 2.05) is 12.1 Å². The van der Waals surface area contributed by atoms with Gasteiger partial charge in [-0.2, -0.15) is 0 Å². The van der Waals surface area contributed by atoms with Crippen LogP contribution in [0.4, 0.5) is 0 Å². The van der Waals surface area contributed by atoms with Gasteiger partial charge in [-0.15, -0.1) is 0 Å². The number of nitrogens with two attached hydrogens (primary N) is 1. The van der Waals surface area contributed by atoms with Crippen LogP contribution < -0.4 is 5.73 Å². The minimum absolute atomic E-state index is 0.255. The lowest BCUT2D eigenvalue weighted by atomic mass is 10.0. The van der Waals surface area contributed by atoms with Gasteiger partial charge in [0, 0.05) is 12.1 Å². The average Bonchev–Trinajstić information content (AvgIpc) is 2.92. The van der Waals surface area contributed by atoms with Crippen molar-refractivity contribution < 1.29 is 9.90 Å². The van der Waals surface area contributed by atoms with Gasteiger partial charge in [0.25, 0.3) is 0 Å². The highest BCUT2D eigenvalue weighted by atomic mass is 16.3. The maximum atomic E-state index is 11.3. The Kier molecular flexibility index (Phi) is 5.01. The molecule has 0 saturated heterocycles. The SMILES string of the molecule is CC(Cc1ccc(O)cc1)N(CC(N)=O)C1CCCC1. The van der Waals surface area contributed by atoms with E-state index in [9.17, 15) is 9.90 Å². The van der Waals surface area contributed by atoms with Crippen LogP contribution in [0, 0.1) is 0 Å². The lowest BCUT2D eigenvalue weighted by Crippen LogP contribution is -2.46. The Morgan fingerprint density at radius 3 is 2.50 bits per heavy atom. The van der Waals surface area contributed by atoms with E-state index in [0.717, 1.165) is 19.3 Å². The molecule has 1 fully saturated rings. The van der Waals surface area contributed by atoms with Crippen LogP contribution in [0.3, 0.4) is 0 Å². The Labute approximate surface area is 120 Å². The maximum absolute atomic E-state index is 11.3. The molecule has 2 rings (SSSR count). The molecule has 1 amide bonds. The van der Waals surface area contributed by atoms with E-state index in [4.69, 9.17) is 5.73 Å². The number of phenols is 1. The zero-order valence-electron chi connectivity index (χ0n) is 12.1. The van der Waals surface area contributed by atoms with Crippen LogP contribution in [0.5, 0.6) is 5.75 Å². The lowest BCUT2D eigenvalue weighted by Gasteiger charge is -2.33. The van der Waals surface area contributed by atoms with Crippen molar-refractivity contribution in [2.75, 3.05) is 6.54 Å². The van der Waals surface area contributed by atoms with E-state index >= 15 is 0 Å². The molecule has 3 N–H and O–H groups in total. The topological polar surface area (TPSA) is 66.6 Å². The van der Waals surface area contributed by atoms with Crippen LogP contribution in [0.2, 0.25) is 0 Å². The molecule has 1 saturated carbocycles. The summed E-state index contributed by atoms with van der Waals surface area (Å²) in [6, 6.07) is 8.03. The molecule has 1 aromatic rings. The van der Waals surface area contributed by atoms with Crippen molar-refractivity contribution in [3.63, 3.8) is 0 Å². The molecular weight excluding hydrogens is 252 g/mol. The number of amides is 1. The molecule has 0 heterocycles. The molecule has 0 aliphatic heterocycles. The normalized spacial score (nSPS) is 17.5. The fourth-order valence-corrected chi connectivity index (χ4v) is 3.15. The van der Waals surface area contributed by atoms with Crippen LogP contribution in [-0.2, 0) is 11.2 Å². The van der Waals surface area contributed by atoms with E-state index < -0.39 is 0 Å². The predicted octanol–water partition coefficient (Wildman–Crippen LogP) is 2.05. The second-order valence-electron chi connectivity index (χ2n) is 5.80. The quantitative estimate of drug-likeness (QED) is 0.835. The Morgan fingerprint density at radius 1 is 1.35 bits per heavy atom. The highest BCUT2D eigenvalue weighted by Crippen LogP contribution is 2.26. The number of rotatable bonds is 6. The number of carbonyl (C=O) groups is 1. The summed E-state index contributed by atoms with van der Waals surface area (Å²) in [6.45, 7) is 2.48. The molecule has 4 nitrogen and oxygen atoms in total. The van der Waals surface area contributed by atoms with Gasteiger partial charge in [-0.05, 0) is 43.9 Å². The molecule has 110 valence electrons. The smallest absolute Gasteiger partial charge is 0.231 e. The van der Waals surface area contributed by atoms with Crippen LogP contribution in [0.15, 0.2) is 24.3 Å². The van der Waals surface area contributed by atoms with E-state index in [1.54, 1.807) is 12.1 Å². The third-order valence-corrected chi connectivity index (χ3v) is 4.17. The number of benzene rings is 1. The first-order valence-corrected chi connectivity index (χ1v) is 7.38. The van der Waals surface area contributed by atoms with Gasteiger partial charge in [0.05, 0.1) is 6.54 Å². The molecule has 0 radical (unpaired) electrons. The molecule has 0 spiro atoms. The van der Waals surface area contributed by atoms with Crippen molar-refractivity contribution in [2.24, 2.45) is 5.73 Å². The summed E-state index contributed by atoms with van der Waals surface area (Å²) >= 11 is 0. The molecule has 0 bridgehead atoms. The molecule has 0 aromatic heterocycles. The first-order valence-electron chi connectivity index (χ1n) is 7.38. The van der Waals surface area contributed by atoms with Crippen LogP contribution in [0.25, 0.3) is 0 Å². The Bertz CT molecular complexity index is 438. The standard InChI is InChI=1S/C16H24N2O2/c1-12(10-13-6-8-15(19)9-7-13)18(11-16(17)20)14-4-2-3-5-14/h6-9,12,14,19H,2-5,10-11H2,1H3,(H2,17,20). The second kappa shape index (κ2) is 6.75. The highest BCUT2D eigenvalue weighted by molar-refractivity contribution is 5.76. The van der Waals surface area contributed by atoms with Gasteiger partial charge in [0.15, 0.2) is 0 Å². The fraction of sp³-hybridized carbons (Fsp3) is 0.562. The van der Waals surface area contributed by atoms with Gasteiger partial charge in [0.2, 0.25) is 5.91 Å². The predicted molar refractivity (Wildman–Crippen MR) is 79.4 cm³/mol. The summed E-state index contributed by atoms with van der Waals surface area (Å²) in [6.07, 6.45) is 5.67. The number of carbonyl (C=O) groups excluding carboxylic acids is 1. The second-order valence-corrected chi connectivity index (χ2v) is 5.80. The van der Waals surface area contributed by atoms with Crippen LogP contribution >= 0.6 is 0 Å².